The van der Waals surface area contributed by atoms with E-state index in [0.717, 1.165) is 54.7 Å². The number of nitrogens with one attached hydrogen (secondary N) is 1. The number of likely N-dealkylation sites (tertiary alicyclic amines) is 1. The van der Waals surface area contributed by atoms with Crippen molar-refractivity contribution in [2.45, 2.75) is 77.6 Å². The maximum absolute atomic E-state index is 12.8. The minimum absolute atomic E-state index is 0.160. The Morgan fingerprint density at radius 1 is 1.05 bits per heavy atom. The summed E-state index contributed by atoms with van der Waals surface area (Å²) >= 11 is 0.911. The zero-order valence-electron chi connectivity index (χ0n) is 22.6. The Morgan fingerprint density at radius 3 is 2.39 bits per heavy atom. The molecular weight excluding hydrogens is 500 g/mol. The molecule has 2 heterocycles. The third-order valence-corrected chi connectivity index (χ3v) is 8.77. The van der Waals surface area contributed by atoms with Crippen molar-refractivity contribution in [3.63, 3.8) is 0 Å². The van der Waals surface area contributed by atoms with Crippen LogP contribution in [0.4, 0.5) is 9.59 Å². The zero-order valence-corrected chi connectivity index (χ0v) is 23.4. The molecule has 1 aromatic rings. The maximum Gasteiger partial charge on any atom is 0.409 e. The van der Waals surface area contributed by atoms with E-state index in [1.807, 2.05) is 29.2 Å². The van der Waals surface area contributed by atoms with E-state index in [1.165, 1.54) is 44.9 Å². The van der Waals surface area contributed by atoms with Crippen LogP contribution in [0.3, 0.4) is 0 Å². The number of hydrogen-bond acceptors (Lipinski definition) is 6. The van der Waals surface area contributed by atoms with Crippen LogP contribution in [0, 0.1) is 17.8 Å². The molecule has 3 aliphatic rings. The summed E-state index contributed by atoms with van der Waals surface area (Å²) in [5.41, 5.74) is 0.840. The average Bonchev–Trinajstić information content (AvgIpc) is 3.08. The van der Waals surface area contributed by atoms with Crippen LogP contribution in [0.25, 0.3) is 6.08 Å². The van der Waals surface area contributed by atoms with Gasteiger partial charge in [-0.2, -0.15) is 0 Å². The van der Waals surface area contributed by atoms with E-state index >= 15 is 0 Å². The average molecular weight is 543 g/mol. The van der Waals surface area contributed by atoms with Gasteiger partial charge < -0.3 is 14.4 Å². The van der Waals surface area contributed by atoms with Gasteiger partial charge >= 0.3 is 6.09 Å². The van der Waals surface area contributed by atoms with Crippen LogP contribution in [0.5, 0.6) is 5.75 Å². The fraction of sp³-hybridized carbons (Fsp3) is 0.633. The molecule has 1 unspecified atom stereocenters. The van der Waals surface area contributed by atoms with Gasteiger partial charge in [0.05, 0.1) is 18.1 Å². The van der Waals surface area contributed by atoms with Gasteiger partial charge in [-0.3, -0.25) is 14.9 Å². The first kappa shape index (κ1) is 28.5. The highest BCUT2D eigenvalue weighted by Crippen LogP contribution is 2.30. The Bertz CT molecular complexity index is 963. The Kier molecular flexibility index (Phi) is 11.0. The first-order valence-electron chi connectivity index (χ1n) is 14.4. The van der Waals surface area contributed by atoms with E-state index in [0.29, 0.717) is 43.0 Å². The van der Waals surface area contributed by atoms with Gasteiger partial charge in [0.2, 0.25) is 0 Å². The van der Waals surface area contributed by atoms with Crippen LogP contribution in [0.1, 0.15) is 83.1 Å². The number of carbonyl (C=O) groups is 3. The molecule has 1 aromatic carbocycles. The molecule has 38 heavy (non-hydrogen) atoms. The van der Waals surface area contributed by atoms with Gasteiger partial charge in [0, 0.05) is 13.1 Å². The molecule has 3 fully saturated rings. The van der Waals surface area contributed by atoms with Crippen LogP contribution >= 0.6 is 11.8 Å². The first-order valence-corrected chi connectivity index (χ1v) is 15.2. The molecule has 8 heteroatoms. The second-order valence-corrected chi connectivity index (χ2v) is 12.0. The van der Waals surface area contributed by atoms with Gasteiger partial charge in [0.15, 0.2) is 0 Å². The van der Waals surface area contributed by atoms with E-state index in [-0.39, 0.29) is 17.2 Å². The van der Waals surface area contributed by atoms with E-state index in [9.17, 15) is 14.4 Å². The third-order valence-electron chi connectivity index (χ3n) is 7.96. The van der Waals surface area contributed by atoms with Crippen LogP contribution < -0.4 is 10.1 Å². The lowest BCUT2D eigenvalue weighted by atomic mass is 9.87. The second-order valence-electron chi connectivity index (χ2n) is 11.0. The number of carbonyl (C=O) groups excluding carboxylic acids is 3. The van der Waals surface area contributed by atoms with Crippen molar-refractivity contribution >= 4 is 35.1 Å². The van der Waals surface area contributed by atoms with Gasteiger partial charge in [0.25, 0.3) is 11.1 Å². The number of ether oxygens (including phenoxy) is 2. The Balaban J connectivity index is 1.15. The molecule has 208 valence electrons. The van der Waals surface area contributed by atoms with E-state index < -0.39 is 0 Å². The number of nitrogens with zero attached hydrogens (tertiary/aromatic N) is 1. The van der Waals surface area contributed by atoms with Crippen LogP contribution in [0.2, 0.25) is 0 Å². The van der Waals surface area contributed by atoms with E-state index in [1.54, 1.807) is 6.08 Å². The van der Waals surface area contributed by atoms with Crippen molar-refractivity contribution in [1.29, 1.82) is 0 Å². The summed E-state index contributed by atoms with van der Waals surface area (Å²) in [6, 6.07) is 7.50. The molecule has 0 spiro atoms. The highest BCUT2D eigenvalue weighted by molar-refractivity contribution is 8.18. The largest absolute Gasteiger partial charge is 0.493 e. The quantitative estimate of drug-likeness (QED) is 0.253. The predicted octanol–water partition coefficient (Wildman–Crippen LogP) is 7.01. The van der Waals surface area contributed by atoms with Crippen molar-refractivity contribution < 1.29 is 23.9 Å². The Hall–Kier alpha value is -2.48. The molecule has 4 rings (SSSR count). The molecule has 2 saturated heterocycles. The van der Waals surface area contributed by atoms with Crippen molar-refractivity contribution in [1.82, 2.24) is 10.2 Å². The number of benzene rings is 1. The fourth-order valence-electron chi connectivity index (χ4n) is 5.76. The lowest BCUT2D eigenvalue weighted by Gasteiger charge is -2.32. The SMILES string of the molecule is CCCC(COC(=O)N1CCC(COc2ccc(/C=C3/SC(=O)NC3=O)cc2)CC1)CC1CCCCCC1. The van der Waals surface area contributed by atoms with Gasteiger partial charge in [-0.05, 0) is 79.0 Å². The molecule has 3 amide bonds. The summed E-state index contributed by atoms with van der Waals surface area (Å²) in [6.07, 6.45) is 15.0. The number of thioether (sulfide) groups is 1. The third kappa shape index (κ3) is 8.79. The highest BCUT2D eigenvalue weighted by Gasteiger charge is 2.26. The van der Waals surface area contributed by atoms with Crippen molar-refractivity contribution in [3.8, 4) is 5.75 Å². The highest BCUT2D eigenvalue weighted by atomic mass is 32.2. The first-order chi connectivity index (χ1) is 18.5. The number of imide groups is 1. The summed E-state index contributed by atoms with van der Waals surface area (Å²) in [5.74, 6) is 2.09. The standard InChI is InChI=1S/C30H42N2O5S/c1-2-7-25(18-22-8-5-3-4-6-9-22)21-37-30(35)32-16-14-24(15-17-32)20-36-26-12-10-23(11-13-26)19-27-28(33)31-29(34)38-27/h10-13,19,22,24-25H,2-9,14-18,20-21H2,1H3,(H,31,33,34)/b27-19+. The van der Waals surface area contributed by atoms with Gasteiger partial charge in [-0.15, -0.1) is 0 Å². The van der Waals surface area contributed by atoms with E-state index in [2.05, 4.69) is 12.2 Å². The number of piperidine rings is 1. The molecule has 1 aliphatic carbocycles. The van der Waals surface area contributed by atoms with Gasteiger partial charge in [-0.25, -0.2) is 4.79 Å². The Morgan fingerprint density at radius 2 is 1.76 bits per heavy atom. The van der Waals surface area contributed by atoms with Crippen LogP contribution in [-0.2, 0) is 9.53 Å². The monoisotopic (exact) mass is 542 g/mol. The zero-order chi connectivity index (χ0) is 26.7. The molecule has 0 bridgehead atoms. The molecule has 2 aliphatic heterocycles. The predicted molar refractivity (Wildman–Crippen MR) is 151 cm³/mol. The molecule has 7 nitrogen and oxygen atoms in total. The summed E-state index contributed by atoms with van der Waals surface area (Å²) in [5, 5.41) is 1.92. The maximum atomic E-state index is 12.8. The minimum Gasteiger partial charge on any atom is -0.493 e. The summed E-state index contributed by atoms with van der Waals surface area (Å²) < 4.78 is 11.8. The number of amides is 3. The number of rotatable bonds is 10. The summed E-state index contributed by atoms with van der Waals surface area (Å²) in [6.45, 7) is 4.80. The topological polar surface area (TPSA) is 84.9 Å². The lowest BCUT2D eigenvalue weighted by Crippen LogP contribution is -2.40. The molecule has 1 saturated carbocycles. The summed E-state index contributed by atoms with van der Waals surface area (Å²) in [4.78, 5) is 38.0. The normalized spacial score (nSPS) is 21.3. The van der Waals surface area contributed by atoms with Crippen molar-refractivity contribution in [2.75, 3.05) is 26.3 Å². The minimum atomic E-state index is -0.355. The molecule has 1 atom stereocenters. The lowest BCUT2D eigenvalue weighted by molar-refractivity contribution is -0.115. The Labute approximate surface area is 231 Å². The van der Waals surface area contributed by atoms with Crippen molar-refractivity contribution in [3.05, 3.63) is 34.7 Å². The van der Waals surface area contributed by atoms with E-state index in [4.69, 9.17) is 9.47 Å². The summed E-state index contributed by atoms with van der Waals surface area (Å²) in [7, 11) is 0. The van der Waals surface area contributed by atoms with Crippen LogP contribution in [-0.4, -0.2) is 48.4 Å². The van der Waals surface area contributed by atoms with Crippen LogP contribution in [0.15, 0.2) is 29.2 Å². The molecule has 0 aromatic heterocycles. The van der Waals surface area contributed by atoms with Crippen molar-refractivity contribution in [2.24, 2.45) is 17.8 Å². The van der Waals surface area contributed by atoms with Gasteiger partial charge in [0.1, 0.15) is 5.75 Å². The number of hydrogen-bond donors (Lipinski definition) is 1. The molecular formula is C30H42N2O5S. The molecule has 0 radical (unpaired) electrons. The smallest absolute Gasteiger partial charge is 0.409 e. The van der Waals surface area contributed by atoms with Gasteiger partial charge in [-0.1, -0.05) is 64.0 Å². The molecule has 1 N–H and O–H groups in total. The second kappa shape index (κ2) is 14.6. The fourth-order valence-corrected chi connectivity index (χ4v) is 6.44.